The van der Waals surface area contributed by atoms with Gasteiger partial charge in [-0.15, -0.1) is 0 Å². The molecule has 1 amide bonds. The van der Waals surface area contributed by atoms with Crippen LogP contribution in [-0.4, -0.2) is 5.91 Å². The third-order valence-electron chi connectivity index (χ3n) is 1.88. The molecule has 0 heterocycles. The maximum Gasteiger partial charge on any atom is 0.250 e. The van der Waals surface area contributed by atoms with E-state index in [4.69, 9.17) is 5.26 Å². The highest BCUT2D eigenvalue weighted by Crippen LogP contribution is 2.10. The number of nitrogens with zero attached hydrogens (tertiary/aromatic N) is 1. The van der Waals surface area contributed by atoms with Crippen LogP contribution in [0.25, 0.3) is 0 Å². The van der Waals surface area contributed by atoms with Gasteiger partial charge in [-0.1, -0.05) is 18.7 Å². The molecule has 1 rings (SSSR count). The monoisotopic (exact) mass is 200 g/mol. The lowest BCUT2D eigenvalue weighted by atomic mass is 10.1. The van der Waals surface area contributed by atoms with E-state index in [1.165, 1.54) is 0 Å². The highest BCUT2D eigenvalue weighted by Gasteiger charge is 2.01. The van der Waals surface area contributed by atoms with Crippen molar-refractivity contribution in [1.29, 1.82) is 5.26 Å². The maximum atomic E-state index is 11.3. The molecule has 0 aliphatic carbocycles. The topological polar surface area (TPSA) is 52.9 Å². The average Bonchev–Trinajstić information content (AvgIpc) is 2.21. The smallest absolute Gasteiger partial charge is 0.250 e. The lowest BCUT2D eigenvalue weighted by Gasteiger charge is -2.04. The normalized spacial score (nSPS) is 9.07. The molecule has 1 aromatic carbocycles. The summed E-state index contributed by atoms with van der Waals surface area (Å²) >= 11 is 0. The number of nitriles is 1. The molecule has 0 saturated heterocycles. The SMILES string of the molecule is C=C(C)C(=O)Nc1ccc(CC#N)cc1. The first-order valence-corrected chi connectivity index (χ1v) is 4.56. The second-order valence-corrected chi connectivity index (χ2v) is 3.27. The van der Waals surface area contributed by atoms with Gasteiger partial charge in [0.15, 0.2) is 0 Å². The van der Waals surface area contributed by atoms with E-state index in [1.807, 2.05) is 12.1 Å². The minimum atomic E-state index is -0.192. The molecule has 0 aromatic heterocycles. The molecule has 0 aliphatic rings. The van der Waals surface area contributed by atoms with E-state index in [0.29, 0.717) is 17.7 Å². The Morgan fingerprint density at radius 3 is 2.53 bits per heavy atom. The number of nitrogens with one attached hydrogen (secondary N) is 1. The summed E-state index contributed by atoms with van der Waals surface area (Å²) in [5, 5.41) is 11.2. The number of benzene rings is 1. The molecule has 0 atom stereocenters. The molecule has 0 spiro atoms. The van der Waals surface area contributed by atoms with E-state index in [1.54, 1.807) is 19.1 Å². The molecular weight excluding hydrogens is 188 g/mol. The molecule has 3 heteroatoms. The van der Waals surface area contributed by atoms with Crippen LogP contribution in [0.1, 0.15) is 12.5 Å². The molecule has 0 radical (unpaired) electrons. The van der Waals surface area contributed by atoms with Crippen LogP contribution in [0.4, 0.5) is 5.69 Å². The fraction of sp³-hybridized carbons (Fsp3) is 0.167. The molecule has 15 heavy (non-hydrogen) atoms. The van der Waals surface area contributed by atoms with Gasteiger partial charge in [-0.3, -0.25) is 4.79 Å². The Morgan fingerprint density at radius 1 is 1.47 bits per heavy atom. The molecule has 0 unspecified atom stereocenters. The summed E-state index contributed by atoms with van der Waals surface area (Å²) in [5.74, 6) is -0.192. The zero-order chi connectivity index (χ0) is 11.3. The van der Waals surface area contributed by atoms with Crippen molar-refractivity contribution >= 4 is 11.6 Å². The van der Waals surface area contributed by atoms with E-state index >= 15 is 0 Å². The number of rotatable bonds is 3. The lowest BCUT2D eigenvalue weighted by Crippen LogP contribution is -2.11. The minimum Gasteiger partial charge on any atom is -0.322 e. The molecule has 3 nitrogen and oxygen atoms in total. The van der Waals surface area contributed by atoms with Gasteiger partial charge < -0.3 is 5.32 Å². The van der Waals surface area contributed by atoms with Crippen LogP contribution in [0, 0.1) is 11.3 Å². The molecular formula is C12H12N2O. The van der Waals surface area contributed by atoms with Crippen LogP contribution in [0.2, 0.25) is 0 Å². The number of amides is 1. The number of carbonyl (C=O) groups excluding carboxylic acids is 1. The number of hydrogen-bond donors (Lipinski definition) is 1. The molecule has 1 aromatic rings. The molecule has 0 fully saturated rings. The first-order chi connectivity index (χ1) is 7.13. The van der Waals surface area contributed by atoms with E-state index in [2.05, 4.69) is 18.0 Å². The van der Waals surface area contributed by atoms with E-state index in [9.17, 15) is 4.79 Å². The quantitative estimate of drug-likeness (QED) is 0.761. The summed E-state index contributed by atoms with van der Waals surface area (Å²) in [6, 6.07) is 9.24. The van der Waals surface area contributed by atoms with Gasteiger partial charge in [0.1, 0.15) is 0 Å². The van der Waals surface area contributed by atoms with Gasteiger partial charge in [0.2, 0.25) is 0 Å². The van der Waals surface area contributed by atoms with E-state index in [-0.39, 0.29) is 5.91 Å². The summed E-state index contributed by atoms with van der Waals surface area (Å²) in [4.78, 5) is 11.3. The Bertz CT molecular complexity index is 412. The third-order valence-corrected chi connectivity index (χ3v) is 1.88. The number of carbonyl (C=O) groups is 1. The summed E-state index contributed by atoms with van der Waals surface area (Å²) < 4.78 is 0. The zero-order valence-electron chi connectivity index (χ0n) is 8.58. The van der Waals surface area contributed by atoms with Crippen LogP contribution in [-0.2, 0) is 11.2 Å². The Labute approximate surface area is 89.0 Å². The van der Waals surface area contributed by atoms with Gasteiger partial charge in [-0.05, 0) is 24.6 Å². The second kappa shape index (κ2) is 4.97. The maximum absolute atomic E-state index is 11.3. The Balaban J connectivity index is 2.69. The molecule has 0 saturated carbocycles. The largest absolute Gasteiger partial charge is 0.322 e. The summed E-state index contributed by atoms with van der Waals surface area (Å²) in [6.45, 7) is 5.20. The highest BCUT2D eigenvalue weighted by atomic mass is 16.1. The minimum absolute atomic E-state index is 0.192. The van der Waals surface area contributed by atoms with Crippen molar-refractivity contribution in [2.24, 2.45) is 0 Å². The van der Waals surface area contributed by atoms with Gasteiger partial charge in [-0.2, -0.15) is 5.26 Å². The van der Waals surface area contributed by atoms with Crippen molar-refractivity contribution in [1.82, 2.24) is 0 Å². The number of anilines is 1. The second-order valence-electron chi connectivity index (χ2n) is 3.27. The predicted octanol–water partition coefficient (Wildman–Crippen LogP) is 2.27. The molecule has 76 valence electrons. The van der Waals surface area contributed by atoms with Crippen molar-refractivity contribution in [2.75, 3.05) is 5.32 Å². The summed E-state index contributed by atoms with van der Waals surface area (Å²) in [5.41, 5.74) is 2.12. The Kier molecular flexibility index (Phi) is 3.64. The third kappa shape index (κ3) is 3.28. The van der Waals surface area contributed by atoms with Crippen molar-refractivity contribution in [2.45, 2.75) is 13.3 Å². The predicted molar refractivity (Wildman–Crippen MR) is 59.2 cm³/mol. The Morgan fingerprint density at radius 2 is 2.07 bits per heavy atom. The van der Waals surface area contributed by atoms with Gasteiger partial charge in [0, 0.05) is 11.3 Å². The van der Waals surface area contributed by atoms with Gasteiger partial charge in [0.05, 0.1) is 12.5 Å². The fourth-order valence-corrected chi connectivity index (χ4v) is 1.04. The van der Waals surface area contributed by atoms with Crippen LogP contribution in [0.5, 0.6) is 0 Å². The first-order valence-electron chi connectivity index (χ1n) is 4.56. The summed E-state index contributed by atoms with van der Waals surface area (Å²) in [7, 11) is 0. The highest BCUT2D eigenvalue weighted by molar-refractivity contribution is 6.02. The first kappa shape index (κ1) is 11.0. The standard InChI is InChI=1S/C12H12N2O/c1-9(2)12(15)14-11-5-3-10(4-6-11)7-8-13/h3-6H,1,7H2,2H3,(H,14,15). The molecule has 0 aliphatic heterocycles. The van der Waals surface area contributed by atoms with Gasteiger partial charge >= 0.3 is 0 Å². The summed E-state index contributed by atoms with van der Waals surface area (Å²) in [6.07, 6.45) is 0.384. The molecule has 1 N–H and O–H groups in total. The average molecular weight is 200 g/mol. The van der Waals surface area contributed by atoms with Crippen LogP contribution >= 0.6 is 0 Å². The lowest BCUT2D eigenvalue weighted by molar-refractivity contribution is -0.112. The van der Waals surface area contributed by atoms with Crippen LogP contribution in [0.15, 0.2) is 36.4 Å². The van der Waals surface area contributed by atoms with Crippen molar-refractivity contribution in [3.63, 3.8) is 0 Å². The zero-order valence-corrected chi connectivity index (χ0v) is 8.58. The van der Waals surface area contributed by atoms with E-state index < -0.39 is 0 Å². The fourth-order valence-electron chi connectivity index (χ4n) is 1.04. The van der Waals surface area contributed by atoms with Crippen molar-refractivity contribution in [3.05, 3.63) is 42.0 Å². The van der Waals surface area contributed by atoms with Gasteiger partial charge in [-0.25, -0.2) is 0 Å². The Hall–Kier alpha value is -2.08. The van der Waals surface area contributed by atoms with Crippen LogP contribution in [0.3, 0.4) is 0 Å². The van der Waals surface area contributed by atoms with Gasteiger partial charge in [0.25, 0.3) is 5.91 Å². The van der Waals surface area contributed by atoms with Crippen molar-refractivity contribution < 1.29 is 4.79 Å². The number of hydrogen-bond acceptors (Lipinski definition) is 2. The van der Waals surface area contributed by atoms with Crippen LogP contribution < -0.4 is 5.32 Å². The molecule has 0 bridgehead atoms. The van der Waals surface area contributed by atoms with E-state index in [0.717, 1.165) is 5.56 Å². The van der Waals surface area contributed by atoms with Crippen molar-refractivity contribution in [3.8, 4) is 6.07 Å².